The van der Waals surface area contributed by atoms with Crippen LogP contribution in [0.5, 0.6) is 0 Å². The molecular weight excluding hydrogens is 306 g/mol. The molecule has 3 rings (SSSR count). The number of nitrogens with one attached hydrogen (secondary N) is 1. The van der Waals surface area contributed by atoms with Crippen molar-refractivity contribution in [3.05, 3.63) is 39.5 Å². The van der Waals surface area contributed by atoms with Crippen molar-refractivity contribution >= 4 is 33.9 Å². The summed E-state index contributed by atoms with van der Waals surface area (Å²) >= 11 is 6.01. The minimum atomic E-state index is -0.478. The van der Waals surface area contributed by atoms with Gasteiger partial charge in [-0.05, 0) is 24.8 Å². The van der Waals surface area contributed by atoms with E-state index in [1.54, 1.807) is 6.07 Å². The molecule has 0 aliphatic carbocycles. The molecule has 6 nitrogen and oxygen atoms in total. The number of ether oxygens (including phenoxy) is 1. The summed E-state index contributed by atoms with van der Waals surface area (Å²) in [5.41, 5.74) is 0.937. The number of halogens is 1. The quantitative estimate of drug-likeness (QED) is 0.528. The van der Waals surface area contributed by atoms with Crippen molar-refractivity contribution in [2.24, 2.45) is 5.92 Å². The van der Waals surface area contributed by atoms with Crippen molar-refractivity contribution in [2.45, 2.75) is 12.8 Å². The first-order valence-corrected chi connectivity index (χ1v) is 7.59. The largest absolute Gasteiger partial charge is 0.381 e. The summed E-state index contributed by atoms with van der Waals surface area (Å²) < 4.78 is 5.34. The Morgan fingerprint density at radius 3 is 2.82 bits per heavy atom. The number of para-hydroxylation sites is 1. The number of aromatic nitrogens is 1. The molecule has 0 radical (unpaired) electrons. The van der Waals surface area contributed by atoms with Gasteiger partial charge in [0.15, 0.2) is 0 Å². The lowest BCUT2D eigenvalue weighted by atomic mass is 10.00. The van der Waals surface area contributed by atoms with Crippen LogP contribution < -0.4 is 5.32 Å². The Morgan fingerprint density at radius 1 is 1.36 bits per heavy atom. The summed E-state index contributed by atoms with van der Waals surface area (Å²) in [6.45, 7) is 2.15. The second kappa shape index (κ2) is 6.46. The smallest absolute Gasteiger partial charge is 0.329 e. The number of fused-ring (bicyclic) bond motifs is 1. The third kappa shape index (κ3) is 2.98. The van der Waals surface area contributed by atoms with E-state index in [4.69, 9.17) is 16.3 Å². The van der Waals surface area contributed by atoms with E-state index in [1.807, 2.05) is 18.2 Å². The topological polar surface area (TPSA) is 77.3 Å². The molecule has 7 heteroatoms. The van der Waals surface area contributed by atoms with Crippen molar-refractivity contribution in [1.29, 1.82) is 0 Å². The van der Waals surface area contributed by atoms with E-state index in [9.17, 15) is 10.1 Å². The number of hydrogen-bond acceptors (Lipinski definition) is 5. The van der Waals surface area contributed by atoms with Crippen LogP contribution in [-0.4, -0.2) is 29.7 Å². The van der Waals surface area contributed by atoms with Gasteiger partial charge in [0.2, 0.25) is 5.15 Å². The Labute approximate surface area is 132 Å². The lowest BCUT2D eigenvalue weighted by Gasteiger charge is -2.23. The lowest BCUT2D eigenvalue weighted by Crippen LogP contribution is -2.23. The van der Waals surface area contributed by atoms with Crippen LogP contribution in [0.3, 0.4) is 0 Å². The maximum Gasteiger partial charge on any atom is 0.329 e. The van der Waals surface area contributed by atoms with Crippen molar-refractivity contribution in [3.8, 4) is 0 Å². The molecule has 1 saturated heterocycles. The second-order valence-electron chi connectivity index (χ2n) is 5.34. The molecule has 2 aromatic rings. The highest BCUT2D eigenvalue weighted by Crippen LogP contribution is 2.37. The molecule has 2 heterocycles. The third-order valence-electron chi connectivity index (χ3n) is 3.92. The van der Waals surface area contributed by atoms with E-state index in [2.05, 4.69) is 10.3 Å². The first-order valence-electron chi connectivity index (χ1n) is 7.21. The van der Waals surface area contributed by atoms with Gasteiger partial charge in [-0.15, -0.1) is 0 Å². The Bertz CT molecular complexity index is 702. The molecule has 1 fully saturated rings. The average molecular weight is 322 g/mol. The zero-order valence-corrected chi connectivity index (χ0v) is 12.7. The molecule has 1 aliphatic heterocycles. The minimum Gasteiger partial charge on any atom is -0.381 e. The fourth-order valence-corrected chi connectivity index (χ4v) is 2.97. The predicted octanol–water partition coefficient (Wildman–Crippen LogP) is 3.63. The number of benzene rings is 1. The van der Waals surface area contributed by atoms with Gasteiger partial charge in [0, 0.05) is 25.1 Å². The van der Waals surface area contributed by atoms with Crippen LogP contribution in [0.15, 0.2) is 24.3 Å². The molecule has 0 bridgehead atoms. The van der Waals surface area contributed by atoms with Crippen LogP contribution in [-0.2, 0) is 4.74 Å². The van der Waals surface area contributed by atoms with Gasteiger partial charge in [-0.2, -0.15) is 0 Å². The molecule has 1 aliphatic rings. The Morgan fingerprint density at radius 2 is 2.09 bits per heavy atom. The van der Waals surface area contributed by atoms with Gasteiger partial charge < -0.3 is 10.1 Å². The standard InChI is InChI=1S/C15H16ClN3O3/c16-15-14(19(20)21)13(11-3-1-2-4-12(11)18-15)17-9-10-5-7-22-8-6-10/h1-4,10H,5-9H2,(H,17,18). The molecule has 1 aromatic carbocycles. The molecule has 1 N–H and O–H groups in total. The summed E-state index contributed by atoms with van der Waals surface area (Å²) in [7, 11) is 0. The Balaban J connectivity index is 1.97. The summed E-state index contributed by atoms with van der Waals surface area (Å²) in [4.78, 5) is 15.0. The monoisotopic (exact) mass is 321 g/mol. The normalized spacial score (nSPS) is 15.9. The van der Waals surface area contributed by atoms with Gasteiger partial charge in [0.1, 0.15) is 5.69 Å². The van der Waals surface area contributed by atoms with Gasteiger partial charge in [-0.1, -0.05) is 29.8 Å². The predicted molar refractivity (Wildman–Crippen MR) is 85.4 cm³/mol. The van der Waals surface area contributed by atoms with Crippen LogP contribution in [0, 0.1) is 16.0 Å². The van der Waals surface area contributed by atoms with Crippen LogP contribution in [0.1, 0.15) is 12.8 Å². The third-order valence-corrected chi connectivity index (χ3v) is 4.18. The van der Waals surface area contributed by atoms with E-state index in [-0.39, 0.29) is 10.8 Å². The van der Waals surface area contributed by atoms with Crippen LogP contribution >= 0.6 is 11.6 Å². The molecular formula is C15H16ClN3O3. The molecule has 0 unspecified atom stereocenters. The highest BCUT2D eigenvalue weighted by Gasteiger charge is 2.24. The van der Waals surface area contributed by atoms with E-state index in [1.165, 1.54) is 0 Å². The molecule has 22 heavy (non-hydrogen) atoms. The van der Waals surface area contributed by atoms with E-state index in [0.717, 1.165) is 26.1 Å². The fraction of sp³-hybridized carbons (Fsp3) is 0.400. The fourth-order valence-electron chi connectivity index (χ4n) is 2.71. The maximum atomic E-state index is 11.4. The number of nitrogens with zero attached hydrogens (tertiary/aromatic N) is 2. The zero-order valence-electron chi connectivity index (χ0n) is 11.9. The highest BCUT2D eigenvalue weighted by atomic mass is 35.5. The van der Waals surface area contributed by atoms with E-state index >= 15 is 0 Å². The van der Waals surface area contributed by atoms with Crippen LogP contribution in [0.25, 0.3) is 10.9 Å². The molecule has 1 aromatic heterocycles. The highest BCUT2D eigenvalue weighted by molar-refractivity contribution is 6.33. The van der Waals surface area contributed by atoms with Crippen molar-refractivity contribution in [2.75, 3.05) is 25.1 Å². The Kier molecular flexibility index (Phi) is 4.40. The van der Waals surface area contributed by atoms with Gasteiger partial charge in [-0.25, -0.2) is 4.98 Å². The molecule has 0 saturated carbocycles. The number of rotatable bonds is 4. The summed E-state index contributed by atoms with van der Waals surface area (Å²) in [6.07, 6.45) is 1.91. The summed E-state index contributed by atoms with van der Waals surface area (Å²) in [5.74, 6) is 0.444. The van der Waals surface area contributed by atoms with Crippen LogP contribution in [0.2, 0.25) is 5.15 Å². The first kappa shape index (κ1) is 15.0. The number of anilines is 1. The molecule has 0 atom stereocenters. The van der Waals surface area contributed by atoms with Gasteiger partial charge in [0.05, 0.1) is 10.4 Å². The van der Waals surface area contributed by atoms with Gasteiger partial charge >= 0.3 is 5.69 Å². The van der Waals surface area contributed by atoms with E-state index < -0.39 is 4.92 Å². The number of nitro groups is 1. The van der Waals surface area contributed by atoms with Gasteiger partial charge in [0.25, 0.3) is 0 Å². The Hall–Kier alpha value is -1.92. The number of pyridine rings is 1. The molecule has 0 spiro atoms. The zero-order chi connectivity index (χ0) is 15.5. The maximum absolute atomic E-state index is 11.4. The number of hydrogen-bond donors (Lipinski definition) is 1. The van der Waals surface area contributed by atoms with Crippen molar-refractivity contribution < 1.29 is 9.66 Å². The average Bonchev–Trinajstić information content (AvgIpc) is 2.52. The SMILES string of the molecule is O=[N+]([O-])c1c(Cl)nc2ccccc2c1NCC1CCOCC1. The van der Waals surface area contributed by atoms with E-state index in [0.29, 0.717) is 29.1 Å². The minimum absolute atomic E-state index is 0.0850. The van der Waals surface area contributed by atoms with Crippen molar-refractivity contribution in [1.82, 2.24) is 4.98 Å². The van der Waals surface area contributed by atoms with Crippen molar-refractivity contribution in [3.63, 3.8) is 0 Å². The molecule has 116 valence electrons. The second-order valence-corrected chi connectivity index (χ2v) is 5.70. The van der Waals surface area contributed by atoms with Gasteiger partial charge in [-0.3, -0.25) is 10.1 Å². The molecule has 0 amide bonds. The summed E-state index contributed by atoms with van der Waals surface area (Å²) in [6, 6.07) is 7.28. The van der Waals surface area contributed by atoms with Crippen LogP contribution in [0.4, 0.5) is 11.4 Å². The lowest BCUT2D eigenvalue weighted by molar-refractivity contribution is -0.384. The first-order chi connectivity index (χ1) is 10.7. The summed E-state index contributed by atoms with van der Waals surface area (Å²) in [5, 5.41) is 15.2.